The van der Waals surface area contributed by atoms with E-state index in [0.29, 0.717) is 5.56 Å². The van der Waals surface area contributed by atoms with Gasteiger partial charge in [0.05, 0.1) is 4.92 Å². The maximum absolute atomic E-state index is 11.6. The summed E-state index contributed by atoms with van der Waals surface area (Å²) >= 11 is 0. The van der Waals surface area contributed by atoms with Crippen LogP contribution in [-0.4, -0.2) is 36.0 Å². The van der Waals surface area contributed by atoms with Crippen LogP contribution in [0.15, 0.2) is 29.4 Å². The van der Waals surface area contributed by atoms with E-state index in [9.17, 15) is 14.9 Å². The molecule has 1 rings (SSSR count). The van der Waals surface area contributed by atoms with E-state index in [1.54, 1.807) is 19.1 Å². The number of carbonyl (C=O) groups is 1. The minimum absolute atomic E-state index is 0.0245. The van der Waals surface area contributed by atoms with Crippen molar-refractivity contribution in [3.63, 3.8) is 0 Å². The molecule has 0 bridgehead atoms. The van der Waals surface area contributed by atoms with Gasteiger partial charge in [0.1, 0.15) is 0 Å². The maximum atomic E-state index is 11.6. The topological polar surface area (TPSA) is 75.8 Å². The highest BCUT2D eigenvalue weighted by Crippen LogP contribution is 2.12. The van der Waals surface area contributed by atoms with E-state index < -0.39 is 4.92 Å². The molecule has 0 fully saturated rings. The lowest BCUT2D eigenvalue weighted by Crippen LogP contribution is -2.05. The van der Waals surface area contributed by atoms with E-state index in [2.05, 4.69) is 5.10 Å². The van der Waals surface area contributed by atoms with E-state index in [4.69, 9.17) is 0 Å². The average Bonchev–Trinajstić information content (AvgIpc) is 2.28. The molecule has 0 unspecified atom stereocenters. The molecule has 0 amide bonds. The molecule has 0 aromatic heterocycles. The molecule has 0 saturated carbocycles. The van der Waals surface area contributed by atoms with Crippen molar-refractivity contribution >= 4 is 17.7 Å². The van der Waals surface area contributed by atoms with Crippen molar-refractivity contribution in [2.24, 2.45) is 5.10 Å². The number of hydrogen-bond acceptors (Lipinski definition) is 5. The molecule has 0 spiro atoms. The first-order chi connectivity index (χ1) is 8.00. The summed E-state index contributed by atoms with van der Waals surface area (Å²) < 4.78 is 0. The summed E-state index contributed by atoms with van der Waals surface area (Å²) in [6, 6.07) is 5.53. The molecule has 6 heteroatoms. The van der Waals surface area contributed by atoms with Crippen molar-refractivity contribution < 1.29 is 9.72 Å². The summed E-state index contributed by atoms with van der Waals surface area (Å²) in [7, 11) is 3.51. The molecule has 0 aliphatic carbocycles. The monoisotopic (exact) mass is 235 g/mol. The predicted octanol–water partition coefficient (Wildman–Crippen LogP) is 1.72. The molecule has 0 radical (unpaired) electrons. The lowest BCUT2D eigenvalue weighted by Gasteiger charge is -2.02. The Balaban J connectivity index is 2.67. The van der Waals surface area contributed by atoms with Crippen molar-refractivity contribution in [3.8, 4) is 0 Å². The van der Waals surface area contributed by atoms with Crippen LogP contribution in [0.25, 0.3) is 0 Å². The largest absolute Gasteiger partial charge is 0.303 e. The highest BCUT2D eigenvalue weighted by atomic mass is 16.6. The number of nitrogens with zero attached hydrogens (tertiary/aromatic N) is 3. The Labute approximate surface area is 98.7 Å². The summed E-state index contributed by atoms with van der Waals surface area (Å²) in [6.07, 6.45) is 1.68. The number of rotatable bonds is 5. The number of nitro groups is 1. The van der Waals surface area contributed by atoms with Crippen LogP contribution in [0.5, 0.6) is 0 Å². The Morgan fingerprint density at radius 3 is 2.47 bits per heavy atom. The minimum Gasteiger partial charge on any atom is -0.303 e. The van der Waals surface area contributed by atoms with Crippen molar-refractivity contribution in [3.05, 3.63) is 39.9 Å². The molecular weight excluding hydrogens is 222 g/mol. The number of hydrogen-bond donors (Lipinski definition) is 0. The fourth-order valence-corrected chi connectivity index (χ4v) is 1.17. The molecule has 0 heterocycles. The number of hydrazone groups is 1. The van der Waals surface area contributed by atoms with Crippen LogP contribution >= 0.6 is 0 Å². The van der Waals surface area contributed by atoms with Crippen LogP contribution in [0.4, 0.5) is 5.69 Å². The summed E-state index contributed by atoms with van der Waals surface area (Å²) in [5.74, 6) is -0.120. The van der Waals surface area contributed by atoms with E-state index in [-0.39, 0.29) is 17.9 Å². The van der Waals surface area contributed by atoms with Crippen molar-refractivity contribution in [2.75, 3.05) is 14.1 Å². The van der Waals surface area contributed by atoms with Gasteiger partial charge in [-0.3, -0.25) is 14.9 Å². The normalized spacial score (nSPS) is 10.5. The number of carbonyl (C=O) groups excluding carboxylic acids is 1. The lowest BCUT2D eigenvalue weighted by molar-refractivity contribution is -0.384. The van der Waals surface area contributed by atoms with Crippen molar-refractivity contribution in [2.45, 2.75) is 6.42 Å². The fraction of sp³-hybridized carbons (Fsp3) is 0.273. The molecule has 1 aromatic rings. The maximum Gasteiger partial charge on any atom is 0.269 e. The average molecular weight is 235 g/mol. The Kier molecular flexibility index (Phi) is 4.33. The van der Waals surface area contributed by atoms with Crippen LogP contribution in [0.2, 0.25) is 0 Å². The van der Waals surface area contributed by atoms with Gasteiger partial charge < -0.3 is 5.01 Å². The first-order valence-electron chi connectivity index (χ1n) is 4.98. The molecule has 0 N–H and O–H groups in total. The standard InChI is InChI=1S/C11H13N3O3/c1-13(2)12-8-7-11(15)9-3-5-10(6-4-9)14(16)17/h3-6,8H,7H2,1-2H3/b12-8+. The molecule has 0 saturated heterocycles. The molecule has 0 atom stereocenters. The second-order valence-corrected chi connectivity index (χ2v) is 3.58. The van der Waals surface area contributed by atoms with Gasteiger partial charge in [0.15, 0.2) is 5.78 Å². The first kappa shape index (κ1) is 12.8. The van der Waals surface area contributed by atoms with Gasteiger partial charge in [-0.15, -0.1) is 0 Å². The Bertz CT molecular complexity index is 438. The predicted molar refractivity (Wildman–Crippen MR) is 64.2 cm³/mol. The molecular formula is C11H13N3O3. The molecule has 90 valence electrons. The molecule has 17 heavy (non-hydrogen) atoms. The lowest BCUT2D eigenvalue weighted by atomic mass is 10.1. The van der Waals surface area contributed by atoms with Crippen LogP contribution in [0.1, 0.15) is 16.8 Å². The van der Waals surface area contributed by atoms with Crippen molar-refractivity contribution in [1.82, 2.24) is 5.01 Å². The second-order valence-electron chi connectivity index (χ2n) is 3.58. The van der Waals surface area contributed by atoms with E-state index in [1.165, 1.54) is 30.5 Å². The number of Topliss-reactive ketones (excluding diaryl/α,β-unsaturated/α-hetero) is 1. The number of ketones is 1. The third kappa shape index (κ3) is 4.02. The van der Waals surface area contributed by atoms with E-state index >= 15 is 0 Å². The van der Waals surface area contributed by atoms with Crippen LogP contribution < -0.4 is 0 Å². The summed E-state index contributed by atoms with van der Waals surface area (Å²) in [5, 5.41) is 15.9. The van der Waals surface area contributed by atoms with Crippen molar-refractivity contribution in [1.29, 1.82) is 0 Å². The van der Waals surface area contributed by atoms with Gasteiger partial charge in [-0.2, -0.15) is 5.10 Å². The van der Waals surface area contributed by atoms with Gasteiger partial charge in [0.25, 0.3) is 5.69 Å². The Hall–Kier alpha value is -2.24. The highest BCUT2D eigenvalue weighted by Gasteiger charge is 2.08. The molecule has 0 aliphatic heterocycles. The van der Waals surface area contributed by atoms with Crippen LogP contribution in [0.3, 0.4) is 0 Å². The van der Waals surface area contributed by atoms with Gasteiger partial charge in [-0.25, -0.2) is 0 Å². The second kappa shape index (κ2) is 5.74. The zero-order valence-corrected chi connectivity index (χ0v) is 9.66. The van der Waals surface area contributed by atoms with Crippen LogP contribution in [0, 0.1) is 10.1 Å². The third-order valence-corrected chi connectivity index (χ3v) is 1.99. The summed E-state index contributed by atoms with van der Waals surface area (Å²) in [5.41, 5.74) is 0.421. The first-order valence-corrected chi connectivity index (χ1v) is 4.98. The van der Waals surface area contributed by atoms with Gasteiger partial charge in [0.2, 0.25) is 0 Å². The fourth-order valence-electron chi connectivity index (χ4n) is 1.17. The van der Waals surface area contributed by atoms with Gasteiger partial charge in [-0.05, 0) is 12.1 Å². The number of benzene rings is 1. The summed E-state index contributed by atoms with van der Waals surface area (Å²) in [6.45, 7) is 0. The number of nitro benzene ring substituents is 1. The van der Waals surface area contributed by atoms with E-state index in [1.807, 2.05) is 0 Å². The summed E-state index contributed by atoms with van der Waals surface area (Å²) in [4.78, 5) is 21.6. The van der Waals surface area contributed by atoms with Gasteiger partial charge in [-0.1, -0.05) is 0 Å². The van der Waals surface area contributed by atoms with E-state index in [0.717, 1.165) is 0 Å². The molecule has 1 aromatic carbocycles. The van der Waals surface area contributed by atoms with Gasteiger partial charge >= 0.3 is 0 Å². The number of non-ortho nitro benzene ring substituents is 1. The SMILES string of the molecule is CN(C)/N=C/CC(=O)c1ccc([N+](=O)[O-])cc1. The zero-order chi connectivity index (χ0) is 12.8. The Morgan fingerprint density at radius 1 is 1.41 bits per heavy atom. The zero-order valence-electron chi connectivity index (χ0n) is 9.66. The Morgan fingerprint density at radius 2 is 2.00 bits per heavy atom. The van der Waals surface area contributed by atoms with Crippen LogP contribution in [-0.2, 0) is 0 Å². The molecule has 0 aliphatic rings. The minimum atomic E-state index is -0.498. The highest BCUT2D eigenvalue weighted by molar-refractivity contribution is 6.03. The smallest absolute Gasteiger partial charge is 0.269 e. The quantitative estimate of drug-likeness (QED) is 0.337. The van der Waals surface area contributed by atoms with Gasteiger partial charge in [0, 0.05) is 44.4 Å². The molecule has 6 nitrogen and oxygen atoms in total. The third-order valence-electron chi connectivity index (χ3n) is 1.99.